The Balaban J connectivity index is 1.93. The lowest BCUT2D eigenvalue weighted by Crippen LogP contribution is -2.36. The summed E-state index contributed by atoms with van der Waals surface area (Å²) in [6, 6.07) is 6.52. The zero-order valence-electron chi connectivity index (χ0n) is 12.8. The van der Waals surface area contributed by atoms with Crippen LogP contribution < -0.4 is 0 Å². The molecule has 0 aliphatic carbocycles. The number of hydrogen-bond donors (Lipinski definition) is 2. The molecule has 20 heavy (non-hydrogen) atoms. The fourth-order valence-corrected chi connectivity index (χ4v) is 3.32. The van der Waals surface area contributed by atoms with Crippen LogP contribution in [0.25, 0.3) is 0 Å². The largest absolute Gasteiger partial charge is 0.395 e. The molecule has 0 spiro atoms. The molecule has 2 rings (SSSR count). The molecule has 1 aliphatic heterocycles. The van der Waals surface area contributed by atoms with Gasteiger partial charge in [0.05, 0.1) is 12.7 Å². The van der Waals surface area contributed by atoms with Gasteiger partial charge in [-0.25, -0.2) is 0 Å². The van der Waals surface area contributed by atoms with Crippen molar-refractivity contribution in [1.29, 1.82) is 0 Å². The van der Waals surface area contributed by atoms with Crippen LogP contribution in [0.4, 0.5) is 0 Å². The van der Waals surface area contributed by atoms with Crippen molar-refractivity contribution in [3.8, 4) is 0 Å². The van der Waals surface area contributed by atoms with Gasteiger partial charge in [0.15, 0.2) is 0 Å². The fraction of sp³-hybridized carbons (Fsp3) is 0.647. The average Bonchev–Trinajstić information content (AvgIpc) is 2.75. The predicted octanol–water partition coefficient (Wildman–Crippen LogP) is 2.43. The van der Waals surface area contributed by atoms with Crippen molar-refractivity contribution in [2.75, 3.05) is 19.7 Å². The van der Waals surface area contributed by atoms with Crippen molar-refractivity contribution in [2.45, 2.75) is 45.8 Å². The van der Waals surface area contributed by atoms with Crippen molar-refractivity contribution >= 4 is 0 Å². The third kappa shape index (κ3) is 3.60. The molecule has 1 aliphatic rings. The van der Waals surface area contributed by atoms with E-state index in [1.54, 1.807) is 0 Å². The highest BCUT2D eigenvalue weighted by atomic mass is 16.3. The Morgan fingerprint density at radius 3 is 2.50 bits per heavy atom. The molecule has 1 aromatic carbocycles. The summed E-state index contributed by atoms with van der Waals surface area (Å²) >= 11 is 0. The van der Waals surface area contributed by atoms with Gasteiger partial charge in [-0.15, -0.1) is 0 Å². The summed E-state index contributed by atoms with van der Waals surface area (Å²) in [4.78, 5) is 2.32. The molecular formula is C17H27NO2. The molecule has 1 fully saturated rings. The molecule has 1 saturated heterocycles. The molecule has 1 aromatic rings. The number of rotatable bonds is 5. The van der Waals surface area contributed by atoms with Crippen molar-refractivity contribution in [3.63, 3.8) is 0 Å². The molecule has 112 valence electrons. The minimum Gasteiger partial charge on any atom is -0.395 e. The lowest BCUT2D eigenvalue weighted by Gasteiger charge is -2.26. The van der Waals surface area contributed by atoms with Crippen LogP contribution in [0.15, 0.2) is 18.2 Å². The van der Waals surface area contributed by atoms with Gasteiger partial charge in [0.25, 0.3) is 0 Å². The van der Waals surface area contributed by atoms with E-state index >= 15 is 0 Å². The van der Waals surface area contributed by atoms with Crippen molar-refractivity contribution < 1.29 is 10.2 Å². The summed E-state index contributed by atoms with van der Waals surface area (Å²) in [7, 11) is 0. The fourth-order valence-electron chi connectivity index (χ4n) is 3.32. The molecule has 2 N–H and O–H groups in total. The highest BCUT2D eigenvalue weighted by Crippen LogP contribution is 2.26. The van der Waals surface area contributed by atoms with Gasteiger partial charge in [-0.2, -0.15) is 0 Å². The second-order valence-corrected chi connectivity index (χ2v) is 6.28. The normalized spacial score (nSPS) is 25.1. The standard InChI is InChI=1S/C17H27NO2/c1-12-8-13(2)10-15(9-12)17(20)5-7-18-6-4-14(3)16(18)11-19/h8-10,14,16-17,19-20H,4-7,11H2,1-3H3. The zero-order chi connectivity index (χ0) is 14.7. The molecule has 1 heterocycles. The molecule has 0 bridgehead atoms. The van der Waals surface area contributed by atoms with Crippen molar-refractivity contribution in [2.24, 2.45) is 5.92 Å². The first-order chi connectivity index (χ1) is 9.51. The first kappa shape index (κ1) is 15.5. The summed E-state index contributed by atoms with van der Waals surface area (Å²) in [6.07, 6.45) is 1.46. The van der Waals surface area contributed by atoms with E-state index in [4.69, 9.17) is 0 Å². The van der Waals surface area contributed by atoms with Crippen LogP contribution in [0.2, 0.25) is 0 Å². The topological polar surface area (TPSA) is 43.7 Å². The Kier molecular flexibility index (Phi) is 5.19. The lowest BCUT2D eigenvalue weighted by atomic mass is 10.0. The van der Waals surface area contributed by atoms with E-state index < -0.39 is 6.10 Å². The maximum atomic E-state index is 10.4. The van der Waals surface area contributed by atoms with Gasteiger partial charge >= 0.3 is 0 Å². The van der Waals surface area contributed by atoms with Crippen LogP contribution in [0.1, 0.15) is 42.6 Å². The molecule has 0 aromatic heterocycles. The third-order valence-corrected chi connectivity index (χ3v) is 4.50. The van der Waals surface area contributed by atoms with E-state index in [9.17, 15) is 10.2 Å². The zero-order valence-corrected chi connectivity index (χ0v) is 12.8. The van der Waals surface area contributed by atoms with E-state index in [-0.39, 0.29) is 12.6 Å². The van der Waals surface area contributed by atoms with Crippen molar-refractivity contribution in [1.82, 2.24) is 4.90 Å². The number of likely N-dealkylation sites (tertiary alicyclic amines) is 1. The molecule has 3 unspecified atom stereocenters. The van der Waals surface area contributed by atoms with E-state index in [1.165, 1.54) is 11.1 Å². The quantitative estimate of drug-likeness (QED) is 0.869. The summed E-state index contributed by atoms with van der Waals surface area (Å²) in [6.45, 7) is 8.43. The maximum absolute atomic E-state index is 10.4. The minimum atomic E-state index is -0.413. The summed E-state index contributed by atoms with van der Waals surface area (Å²) in [5.41, 5.74) is 3.40. The van der Waals surface area contributed by atoms with Crippen LogP contribution in [0.5, 0.6) is 0 Å². The van der Waals surface area contributed by atoms with E-state index in [0.29, 0.717) is 5.92 Å². The Labute approximate surface area is 122 Å². The molecule has 0 saturated carbocycles. The first-order valence-electron chi connectivity index (χ1n) is 7.62. The molecular weight excluding hydrogens is 250 g/mol. The molecule has 3 atom stereocenters. The summed E-state index contributed by atoms with van der Waals surface area (Å²) in [5, 5.41) is 19.8. The van der Waals surface area contributed by atoms with E-state index in [2.05, 4.69) is 43.9 Å². The highest BCUT2D eigenvalue weighted by molar-refractivity contribution is 5.29. The Morgan fingerprint density at radius 2 is 1.90 bits per heavy atom. The second kappa shape index (κ2) is 6.70. The Hall–Kier alpha value is -0.900. The average molecular weight is 277 g/mol. The van der Waals surface area contributed by atoms with Crippen LogP contribution in [-0.4, -0.2) is 40.9 Å². The number of aryl methyl sites for hydroxylation is 2. The van der Waals surface area contributed by atoms with Gasteiger partial charge < -0.3 is 10.2 Å². The molecule has 0 amide bonds. The summed E-state index contributed by atoms with van der Waals surface area (Å²) < 4.78 is 0. The Morgan fingerprint density at radius 1 is 1.25 bits per heavy atom. The number of aliphatic hydroxyl groups is 2. The van der Waals surface area contributed by atoms with Crippen LogP contribution in [-0.2, 0) is 0 Å². The van der Waals surface area contributed by atoms with Gasteiger partial charge in [0, 0.05) is 12.6 Å². The van der Waals surface area contributed by atoms with Crippen LogP contribution in [0.3, 0.4) is 0 Å². The third-order valence-electron chi connectivity index (χ3n) is 4.50. The van der Waals surface area contributed by atoms with Gasteiger partial charge in [0.2, 0.25) is 0 Å². The van der Waals surface area contributed by atoms with Crippen LogP contribution >= 0.6 is 0 Å². The molecule has 0 radical (unpaired) electrons. The predicted molar refractivity (Wildman–Crippen MR) is 81.7 cm³/mol. The van der Waals surface area contributed by atoms with Gasteiger partial charge in [-0.05, 0) is 44.7 Å². The van der Waals surface area contributed by atoms with E-state index in [1.807, 2.05) is 0 Å². The number of aliphatic hydroxyl groups excluding tert-OH is 2. The SMILES string of the molecule is Cc1cc(C)cc(C(O)CCN2CCC(C)C2CO)c1. The van der Waals surface area contributed by atoms with Gasteiger partial charge in [-0.3, -0.25) is 4.90 Å². The second-order valence-electron chi connectivity index (χ2n) is 6.28. The van der Waals surface area contributed by atoms with E-state index in [0.717, 1.165) is 31.5 Å². The monoisotopic (exact) mass is 277 g/mol. The maximum Gasteiger partial charge on any atom is 0.0802 e. The number of nitrogens with zero attached hydrogens (tertiary/aromatic N) is 1. The highest BCUT2D eigenvalue weighted by Gasteiger charge is 2.30. The smallest absolute Gasteiger partial charge is 0.0802 e. The van der Waals surface area contributed by atoms with Gasteiger partial charge in [-0.1, -0.05) is 36.2 Å². The minimum absolute atomic E-state index is 0.223. The first-order valence-corrected chi connectivity index (χ1v) is 7.62. The molecule has 3 heteroatoms. The summed E-state index contributed by atoms with van der Waals surface area (Å²) in [5.74, 6) is 0.554. The Bertz CT molecular complexity index is 426. The number of hydrogen-bond acceptors (Lipinski definition) is 3. The van der Waals surface area contributed by atoms with Crippen molar-refractivity contribution in [3.05, 3.63) is 34.9 Å². The molecule has 3 nitrogen and oxygen atoms in total. The lowest BCUT2D eigenvalue weighted by molar-refractivity contribution is 0.107. The van der Waals surface area contributed by atoms with Gasteiger partial charge in [0.1, 0.15) is 0 Å². The number of benzene rings is 1. The van der Waals surface area contributed by atoms with Crippen LogP contribution in [0, 0.1) is 19.8 Å².